The highest BCUT2D eigenvalue weighted by molar-refractivity contribution is 5.92. The molecule has 0 radical (unpaired) electrons. The van der Waals surface area contributed by atoms with Crippen LogP contribution in [0.25, 0.3) is 5.69 Å². The van der Waals surface area contributed by atoms with Crippen molar-refractivity contribution in [3.63, 3.8) is 0 Å². The smallest absolute Gasteiger partial charge is 0.271 e. The van der Waals surface area contributed by atoms with Crippen molar-refractivity contribution >= 4 is 5.91 Å². The molecular formula is C21H23N3O3. The van der Waals surface area contributed by atoms with Crippen LogP contribution in [-0.4, -0.2) is 36.5 Å². The molecule has 140 valence electrons. The summed E-state index contributed by atoms with van der Waals surface area (Å²) in [4.78, 5) is 12.4. The first-order valence-electron chi connectivity index (χ1n) is 8.73. The Balaban J connectivity index is 1.65. The lowest BCUT2D eigenvalue weighted by atomic mass is 10.1. The number of amides is 1. The monoisotopic (exact) mass is 365 g/mol. The first-order valence-corrected chi connectivity index (χ1v) is 8.73. The molecule has 0 spiro atoms. The summed E-state index contributed by atoms with van der Waals surface area (Å²) in [7, 11) is 3.26. The molecule has 1 heterocycles. The number of rotatable bonds is 7. The molecule has 27 heavy (non-hydrogen) atoms. The predicted octanol–water partition coefficient (Wildman–Crippen LogP) is 3.17. The number of ether oxygens (including phenoxy) is 2. The van der Waals surface area contributed by atoms with Crippen LogP contribution in [0, 0.1) is 6.92 Å². The number of aromatic nitrogens is 2. The first kappa shape index (κ1) is 18.5. The van der Waals surface area contributed by atoms with E-state index in [4.69, 9.17) is 9.47 Å². The van der Waals surface area contributed by atoms with Crippen molar-refractivity contribution in [3.8, 4) is 17.2 Å². The number of methoxy groups -OCH3 is 2. The highest BCUT2D eigenvalue weighted by atomic mass is 16.5. The maximum absolute atomic E-state index is 12.4. The van der Waals surface area contributed by atoms with Crippen molar-refractivity contribution in [3.05, 3.63) is 71.5 Å². The van der Waals surface area contributed by atoms with Gasteiger partial charge in [0.05, 0.1) is 19.9 Å². The fourth-order valence-corrected chi connectivity index (χ4v) is 2.83. The third-order valence-electron chi connectivity index (χ3n) is 4.25. The standard InChI is InChI=1S/C21H23N3O3/c1-15-12-20(23-24(15)17-7-5-9-19(14-17)27-3)21(25)22-11-10-16-6-4-8-18(13-16)26-2/h4-9,12-14H,10-11H2,1-3H3,(H,22,25). The summed E-state index contributed by atoms with van der Waals surface area (Å²) in [5, 5.41) is 7.36. The van der Waals surface area contributed by atoms with Crippen LogP contribution in [0.3, 0.4) is 0 Å². The van der Waals surface area contributed by atoms with Crippen molar-refractivity contribution in [1.82, 2.24) is 15.1 Å². The van der Waals surface area contributed by atoms with E-state index in [1.165, 1.54) is 0 Å². The van der Waals surface area contributed by atoms with Gasteiger partial charge in [0.2, 0.25) is 0 Å². The second kappa shape index (κ2) is 8.40. The summed E-state index contributed by atoms with van der Waals surface area (Å²) in [5.41, 5.74) is 3.22. The van der Waals surface area contributed by atoms with Crippen LogP contribution >= 0.6 is 0 Å². The highest BCUT2D eigenvalue weighted by Gasteiger charge is 2.13. The third-order valence-corrected chi connectivity index (χ3v) is 4.25. The molecule has 0 saturated carbocycles. The van der Waals surface area contributed by atoms with Crippen molar-refractivity contribution in [2.24, 2.45) is 0 Å². The van der Waals surface area contributed by atoms with E-state index in [0.29, 0.717) is 12.2 Å². The quantitative estimate of drug-likeness (QED) is 0.698. The van der Waals surface area contributed by atoms with E-state index < -0.39 is 0 Å². The Morgan fingerprint density at radius 1 is 1.04 bits per heavy atom. The van der Waals surface area contributed by atoms with Crippen LogP contribution in [0.2, 0.25) is 0 Å². The van der Waals surface area contributed by atoms with Gasteiger partial charge >= 0.3 is 0 Å². The minimum absolute atomic E-state index is 0.192. The van der Waals surface area contributed by atoms with Gasteiger partial charge < -0.3 is 14.8 Å². The summed E-state index contributed by atoms with van der Waals surface area (Å²) in [6.45, 7) is 2.44. The molecule has 0 aliphatic carbocycles. The molecule has 6 heteroatoms. The van der Waals surface area contributed by atoms with Gasteiger partial charge in [0.25, 0.3) is 5.91 Å². The van der Waals surface area contributed by atoms with E-state index in [-0.39, 0.29) is 5.91 Å². The lowest BCUT2D eigenvalue weighted by Crippen LogP contribution is -2.26. The number of carbonyl (C=O) groups is 1. The fourth-order valence-electron chi connectivity index (χ4n) is 2.83. The number of hydrogen-bond acceptors (Lipinski definition) is 4. The van der Waals surface area contributed by atoms with Gasteiger partial charge in [-0.3, -0.25) is 4.79 Å². The molecule has 0 fully saturated rings. The first-order chi connectivity index (χ1) is 13.1. The zero-order chi connectivity index (χ0) is 19.2. The molecule has 0 bridgehead atoms. The molecule has 1 aromatic heterocycles. The van der Waals surface area contributed by atoms with E-state index in [0.717, 1.165) is 34.9 Å². The van der Waals surface area contributed by atoms with Gasteiger partial charge in [-0.2, -0.15) is 5.10 Å². The maximum atomic E-state index is 12.4. The number of benzene rings is 2. The van der Waals surface area contributed by atoms with Gasteiger partial charge in [0, 0.05) is 18.3 Å². The van der Waals surface area contributed by atoms with Gasteiger partial charge in [-0.25, -0.2) is 4.68 Å². The number of nitrogens with zero attached hydrogens (tertiary/aromatic N) is 2. The molecular weight excluding hydrogens is 342 g/mol. The lowest BCUT2D eigenvalue weighted by molar-refractivity contribution is 0.0948. The summed E-state index contributed by atoms with van der Waals surface area (Å²) in [6.07, 6.45) is 0.721. The molecule has 3 aromatic rings. The topological polar surface area (TPSA) is 65.4 Å². The third kappa shape index (κ3) is 4.47. The van der Waals surface area contributed by atoms with Crippen LogP contribution in [0.1, 0.15) is 21.7 Å². The highest BCUT2D eigenvalue weighted by Crippen LogP contribution is 2.18. The Morgan fingerprint density at radius 3 is 2.48 bits per heavy atom. The van der Waals surface area contributed by atoms with E-state index >= 15 is 0 Å². The van der Waals surface area contributed by atoms with Crippen molar-refractivity contribution < 1.29 is 14.3 Å². The van der Waals surface area contributed by atoms with Gasteiger partial charge in [0.15, 0.2) is 5.69 Å². The fraction of sp³-hybridized carbons (Fsp3) is 0.238. The van der Waals surface area contributed by atoms with Gasteiger partial charge in [-0.05, 0) is 49.2 Å². The van der Waals surface area contributed by atoms with E-state index in [2.05, 4.69) is 10.4 Å². The largest absolute Gasteiger partial charge is 0.497 e. The Labute approximate surface area is 158 Å². The summed E-state index contributed by atoms with van der Waals surface area (Å²) < 4.78 is 12.2. The average Bonchev–Trinajstić information content (AvgIpc) is 3.10. The second-order valence-corrected chi connectivity index (χ2v) is 6.14. The lowest BCUT2D eigenvalue weighted by Gasteiger charge is -2.07. The second-order valence-electron chi connectivity index (χ2n) is 6.14. The molecule has 2 aromatic carbocycles. The van der Waals surface area contributed by atoms with Crippen LogP contribution in [0.5, 0.6) is 11.5 Å². The number of aryl methyl sites for hydroxylation is 1. The summed E-state index contributed by atoms with van der Waals surface area (Å²) in [5.74, 6) is 1.36. The van der Waals surface area contributed by atoms with E-state index in [1.54, 1.807) is 25.0 Å². The number of hydrogen-bond donors (Lipinski definition) is 1. The van der Waals surface area contributed by atoms with Crippen molar-refractivity contribution in [2.75, 3.05) is 20.8 Å². The predicted molar refractivity (Wildman–Crippen MR) is 104 cm³/mol. The molecule has 0 unspecified atom stereocenters. The Kier molecular flexibility index (Phi) is 5.76. The average molecular weight is 365 g/mol. The SMILES string of the molecule is COc1cccc(CCNC(=O)c2cc(C)n(-c3cccc(OC)c3)n2)c1. The van der Waals surface area contributed by atoms with Crippen molar-refractivity contribution in [1.29, 1.82) is 0 Å². The molecule has 0 saturated heterocycles. The van der Waals surface area contributed by atoms with Crippen LogP contribution in [0.4, 0.5) is 0 Å². The van der Waals surface area contributed by atoms with Crippen molar-refractivity contribution in [2.45, 2.75) is 13.3 Å². The normalized spacial score (nSPS) is 10.5. The minimum atomic E-state index is -0.192. The molecule has 0 aliphatic heterocycles. The molecule has 1 N–H and O–H groups in total. The number of carbonyl (C=O) groups excluding carboxylic acids is 1. The van der Waals surface area contributed by atoms with Crippen LogP contribution in [0.15, 0.2) is 54.6 Å². The van der Waals surface area contributed by atoms with E-state index in [9.17, 15) is 4.79 Å². The summed E-state index contributed by atoms with van der Waals surface area (Å²) >= 11 is 0. The zero-order valence-electron chi connectivity index (χ0n) is 15.7. The Hall–Kier alpha value is -3.28. The van der Waals surface area contributed by atoms with Crippen LogP contribution in [-0.2, 0) is 6.42 Å². The minimum Gasteiger partial charge on any atom is -0.497 e. The zero-order valence-corrected chi connectivity index (χ0v) is 15.7. The Morgan fingerprint density at radius 2 is 1.74 bits per heavy atom. The maximum Gasteiger partial charge on any atom is 0.271 e. The van der Waals surface area contributed by atoms with E-state index in [1.807, 2.05) is 55.5 Å². The molecule has 6 nitrogen and oxygen atoms in total. The van der Waals surface area contributed by atoms with Gasteiger partial charge in [-0.1, -0.05) is 18.2 Å². The summed E-state index contributed by atoms with van der Waals surface area (Å²) in [6, 6.07) is 17.2. The molecule has 3 rings (SSSR count). The number of nitrogens with one attached hydrogen (secondary N) is 1. The molecule has 0 atom stereocenters. The van der Waals surface area contributed by atoms with Crippen LogP contribution < -0.4 is 14.8 Å². The van der Waals surface area contributed by atoms with Gasteiger partial charge in [0.1, 0.15) is 11.5 Å². The molecule has 0 aliphatic rings. The Bertz CT molecular complexity index is 934. The molecule has 1 amide bonds. The van der Waals surface area contributed by atoms with Gasteiger partial charge in [-0.15, -0.1) is 0 Å².